The molecule has 10 nitrogen and oxygen atoms in total. The molecule has 2 fully saturated rings. The summed E-state index contributed by atoms with van der Waals surface area (Å²) < 4.78 is 45.1. The molecule has 2 saturated heterocycles. The number of nitriles is 1. The van der Waals surface area contributed by atoms with Gasteiger partial charge in [-0.05, 0) is 42.0 Å². The molecular weight excluding hydrogens is 548 g/mol. The second-order valence-corrected chi connectivity index (χ2v) is 10.6. The number of likely N-dealkylation sites (tertiary alicyclic amines) is 1. The maximum atomic E-state index is 14.3. The van der Waals surface area contributed by atoms with Gasteiger partial charge in [-0.2, -0.15) is 5.26 Å². The monoisotopic (exact) mass is 575 g/mol. The lowest BCUT2D eigenvalue weighted by Gasteiger charge is -2.37. The molecule has 3 aromatic rings. The maximum absolute atomic E-state index is 14.3. The first-order valence-corrected chi connectivity index (χ1v) is 13.5. The summed E-state index contributed by atoms with van der Waals surface area (Å²) in [4.78, 5) is 33.2. The van der Waals surface area contributed by atoms with E-state index in [-0.39, 0.29) is 36.9 Å². The van der Waals surface area contributed by atoms with Crippen molar-refractivity contribution in [1.29, 1.82) is 5.26 Å². The molecule has 216 valence electrons. The normalized spacial score (nSPS) is 17.3. The van der Waals surface area contributed by atoms with Crippen molar-refractivity contribution in [2.75, 3.05) is 26.4 Å². The number of fused-ring (bicyclic) bond motifs is 1. The number of pyridine rings is 1. The number of amides is 2. The molecule has 2 aromatic carbocycles. The lowest BCUT2D eigenvalue weighted by molar-refractivity contribution is -0.00165. The van der Waals surface area contributed by atoms with Gasteiger partial charge in [-0.3, -0.25) is 19.6 Å². The van der Waals surface area contributed by atoms with Gasteiger partial charge in [0, 0.05) is 50.8 Å². The summed E-state index contributed by atoms with van der Waals surface area (Å²) in [7, 11) is 0. The highest BCUT2D eigenvalue weighted by atomic mass is 19.1. The van der Waals surface area contributed by atoms with Crippen LogP contribution in [0.4, 0.5) is 13.6 Å². The average molecular weight is 576 g/mol. The fraction of sp³-hybridized carbons (Fsp3) is 0.333. The summed E-state index contributed by atoms with van der Waals surface area (Å²) in [6.45, 7) is 2.15. The smallest absolute Gasteiger partial charge is 0.410 e. The van der Waals surface area contributed by atoms with Crippen molar-refractivity contribution in [1.82, 2.24) is 20.1 Å². The van der Waals surface area contributed by atoms with E-state index in [1.165, 1.54) is 6.20 Å². The molecule has 1 aromatic heterocycles. The molecule has 0 saturated carbocycles. The minimum Gasteiger partial charge on any atom is -0.454 e. The third-order valence-corrected chi connectivity index (χ3v) is 7.79. The number of rotatable bonds is 7. The van der Waals surface area contributed by atoms with Crippen molar-refractivity contribution in [2.24, 2.45) is 0 Å². The molecule has 0 bridgehead atoms. The Hall–Kier alpha value is -4.76. The van der Waals surface area contributed by atoms with Gasteiger partial charge in [-0.1, -0.05) is 6.07 Å². The van der Waals surface area contributed by atoms with Crippen LogP contribution in [-0.2, 0) is 24.4 Å². The van der Waals surface area contributed by atoms with Crippen LogP contribution >= 0.6 is 0 Å². The molecule has 4 heterocycles. The third kappa shape index (κ3) is 5.69. The van der Waals surface area contributed by atoms with Gasteiger partial charge < -0.3 is 19.5 Å². The standard InChI is InChI=1S/C30H27F2N5O5/c31-24-9-20(12-33)10-25(32)23(24)16-36-7-5-30(6-8-36)17-37(29(39)42-30)15-22-3-2-21(14-34-22)28(38)35-13-19-1-4-26-27(11-19)41-18-40-26/h1-4,9-11,14H,5-8,13,15-18H2,(H,35,38). The van der Waals surface area contributed by atoms with Gasteiger partial charge in [0.15, 0.2) is 11.5 Å². The van der Waals surface area contributed by atoms with E-state index in [2.05, 4.69) is 10.3 Å². The molecule has 3 aliphatic rings. The zero-order valence-corrected chi connectivity index (χ0v) is 22.6. The Morgan fingerprint density at radius 2 is 1.81 bits per heavy atom. The van der Waals surface area contributed by atoms with E-state index in [0.717, 1.165) is 17.7 Å². The third-order valence-electron chi connectivity index (χ3n) is 7.79. The van der Waals surface area contributed by atoms with Crippen molar-refractivity contribution in [2.45, 2.75) is 38.1 Å². The number of hydrogen-bond acceptors (Lipinski definition) is 8. The topological polar surface area (TPSA) is 117 Å². The van der Waals surface area contributed by atoms with Gasteiger partial charge in [-0.25, -0.2) is 13.6 Å². The molecule has 0 atom stereocenters. The van der Waals surface area contributed by atoms with Gasteiger partial charge in [0.25, 0.3) is 5.91 Å². The van der Waals surface area contributed by atoms with Crippen molar-refractivity contribution >= 4 is 12.0 Å². The Kier molecular flexibility index (Phi) is 7.34. The molecule has 1 spiro atoms. The quantitative estimate of drug-likeness (QED) is 0.451. The number of benzene rings is 2. The predicted molar refractivity (Wildman–Crippen MR) is 143 cm³/mol. The van der Waals surface area contributed by atoms with E-state index < -0.39 is 23.3 Å². The largest absolute Gasteiger partial charge is 0.454 e. The Balaban J connectivity index is 0.999. The van der Waals surface area contributed by atoms with Gasteiger partial charge in [0.2, 0.25) is 6.79 Å². The van der Waals surface area contributed by atoms with Crippen LogP contribution in [0.5, 0.6) is 11.5 Å². The second-order valence-electron chi connectivity index (χ2n) is 10.6. The van der Waals surface area contributed by atoms with Crippen LogP contribution < -0.4 is 14.8 Å². The molecular formula is C30H27F2N5O5. The number of nitrogens with zero attached hydrogens (tertiary/aromatic N) is 4. The Labute approximate surface area is 240 Å². The van der Waals surface area contributed by atoms with Crippen molar-refractivity contribution < 1.29 is 32.6 Å². The number of carbonyl (C=O) groups excluding carboxylic acids is 2. The minimum atomic E-state index is -0.744. The van der Waals surface area contributed by atoms with Gasteiger partial charge in [-0.15, -0.1) is 0 Å². The van der Waals surface area contributed by atoms with Crippen LogP contribution in [0.3, 0.4) is 0 Å². The van der Waals surface area contributed by atoms with Crippen LogP contribution in [0.2, 0.25) is 0 Å². The summed E-state index contributed by atoms with van der Waals surface area (Å²) in [5, 5.41) is 11.8. The molecule has 3 aliphatic heterocycles. The summed E-state index contributed by atoms with van der Waals surface area (Å²) in [5.74, 6) is -0.443. The maximum Gasteiger partial charge on any atom is 0.410 e. The molecule has 6 rings (SSSR count). The van der Waals surface area contributed by atoms with Gasteiger partial charge in [0.05, 0.1) is 36.0 Å². The molecule has 42 heavy (non-hydrogen) atoms. The average Bonchev–Trinajstić information content (AvgIpc) is 3.58. The number of piperidine rings is 1. The molecule has 0 unspecified atom stereocenters. The Morgan fingerprint density at radius 3 is 2.52 bits per heavy atom. The SMILES string of the molecule is N#Cc1cc(F)c(CN2CCC3(CC2)CN(Cc2ccc(C(=O)NCc4ccc5c(c4)OCO5)cn2)C(=O)O3)c(F)c1. The zero-order chi connectivity index (χ0) is 29.3. The molecule has 0 aliphatic carbocycles. The first kappa shape index (κ1) is 27.4. The van der Waals surface area contributed by atoms with E-state index in [9.17, 15) is 18.4 Å². The summed E-state index contributed by atoms with van der Waals surface area (Å²) in [6, 6.07) is 12.7. The molecule has 12 heteroatoms. The number of carbonyl (C=O) groups is 2. The number of ether oxygens (including phenoxy) is 3. The first-order valence-electron chi connectivity index (χ1n) is 13.5. The Morgan fingerprint density at radius 1 is 1.05 bits per heavy atom. The highest BCUT2D eigenvalue weighted by Crippen LogP contribution is 2.35. The zero-order valence-electron chi connectivity index (χ0n) is 22.6. The minimum absolute atomic E-state index is 0.0608. The van der Waals surface area contributed by atoms with Crippen molar-refractivity contribution in [3.05, 3.63) is 88.2 Å². The molecule has 2 amide bonds. The van der Waals surface area contributed by atoms with Gasteiger partial charge >= 0.3 is 6.09 Å². The first-order chi connectivity index (χ1) is 20.3. The van der Waals surface area contributed by atoms with E-state index in [4.69, 9.17) is 19.5 Å². The number of hydrogen-bond donors (Lipinski definition) is 1. The Bertz CT molecular complexity index is 1540. The van der Waals surface area contributed by atoms with Crippen molar-refractivity contribution in [3.63, 3.8) is 0 Å². The van der Waals surface area contributed by atoms with E-state index in [0.29, 0.717) is 61.8 Å². The van der Waals surface area contributed by atoms with Crippen molar-refractivity contribution in [3.8, 4) is 17.6 Å². The van der Waals surface area contributed by atoms with E-state index in [1.54, 1.807) is 29.2 Å². The van der Waals surface area contributed by atoms with E-state index >= 15 is 0 Å². The number of halogens is 2. The van der Waals surface area contributed by atoms with Crippen LogP contribution in [0.15, 0.2) is 48.7 Å². The summed E-state index contributed by atoms with van der Waals surface area (Å²) in [5.41, 5.74) is 1.06. The molecule has 0 radical (unpaired) electrons. The second kappa shape index (κ2) is 11.3. The van der Waals surface area contributed by atoms with E-state index in [1.807, 2.05) is 17.0 Å². The van der Waals surface area contributed by atoms with Crippen LogP contribution in [0.1, 0.15) is 45.6 Å². The van der Waals surface area contributed by atoms with Crippen LogP contribution in [0.25, 0.3) is 0 Å². The van der Waals surface area contributed by atoms with Crippen LogP contribution in [0, 0.1) is 23.0 Å². The number of aromatic nitrogens is 1. The fourth-order valence-electron chi connectivity index (χ4n) is 5.42. The fourth-order valence-corrected chi connectivity index (χ4v) is 5.42. The van der Waals surface area contributed by atoms with Gasteiger partial charge in [0.1, 0.15) is 17.2 Å². The summed E-state index contributed by atoms with van der Waals surface area (Å²) >= 11 is 0. The highest BCUT2D eigenvalue weighted by molar-refractivity contribution is 5.93. The lowest BCUT2D eigenvalue weighted by Crippen LogP contribution is -2.46. The van der Waals surface area contributed by atoms with Crippen LogP contribution in [-0.4, -0.2) is 58.8 Å². The lowest BCUT2D eigenvalue weighted by atomic mass is 9.91. The predicted octanol–water partition coefficient (Wildman–Crippen LogP) is 3.88. The molecule has 1 N–H and O–H groups in total. The highest BCUT2D eigenvalue weighted by Gasteiger charge is 2.47. The summed E-state index contributed by atoms with van der Waals surface area (Å²) in [6.07, 6.45) is 2.07. The number of nitrogens with one attached hydrogen (secondary N) is 1.